The third-order valence-electron chi connectivity index (χ3n) is 3.82. The van der Waals surface area contributed by atoms with Gasteiger partial charge in [-0.3, -0.25) is 0 Å². The van der Waals surface area contributed by atoms with Gasteiger partial charge in [0.15, 0.2) is 0 Å². The lowest BCUT2D eigenvalue weighted by Gasteiger charge is -2.20. The summed E-state index contributed by atoms with van der Waals surface area (Å²) in [5, 5.41) is 2.84. The number of methoxy groups -OCH3 is 1. The number of anilines is 1. The first-order chi connectivity index (χ1) is 9.63. The van der Waals surface area contributed by atoms with Crippen molar-refractivity contribution in [3.63, 3.8) is 0 Å². The fourth-order valence-electron chi connectivity index (χ4n) is 2.51. The summed E-state index contributed by atoms with van der Waals surface area (Å²) in [4.78, 5) is 13.5. The topological polar surface area (TPSA) is 67.6 Å². The summed E-state index contributed by atoms with van der Waals surface area (Å²) in [7, 11) is 1.39. The Morgan fingerprint density at radius 1 is 1.50 bits per heavy atom. The molecule has 2 unspecified atom stereocenters. The smallest absolute Gasteiger partial charge is 0.407 e. The summed E-state index contributed by atoms with van der Waals surface area (Å²) in [5.41, 5.74) is 8.35. The molecule has 1 fully saturated rings. The summed E-state index contributed by atoms with van der Waals surface area (Å²) in [6, 6.07) is 8.64. The number of rotatable bonds is 4. The van der Waals surface area contributed by atoms with Gasteiger partial charge in [0.2, 0.25) is 0 Å². The SMILES string of the molecule is CCC(N)c1ccc(N2CCC(NC(=O)OC)C2)cc1. The van der Waals surface area contributed by atoms with Crippen LogP contribution in [0.1, 0.15) is 31.4 Å². The molecule has 0 aliphatic carbocycles. The van der Waals surface area contributed by atoms with Gasteiger partial charge in [-0.15, -0.1) is 0 Å². The van der Waals surface area contributed by atoms with Gasteiger partial charge >= 0.3 is 6.09 Å². The van der Waals surface area contributed by atoms with Crippen LogP contribution in [0.15, 0.2) is 24.3 Å². The zero-order valence-corrected chi connectivity index (χ0v) is 12.1. The Morgan fingerprint density at radius 2 is 2.20 bits per heavy atom. The first kappa shape index (κ1) is 14.7. The fraction of sp³-hybridized carbons (Fsp3) is 0.533. The van der Waals surface area contributed by atoms with E-state index in [9.17, 15) is 4.79 Å². The Morgan fingerprint density at radius 3 is 2.80 bits per heavy atom. The van der Waals surface area contributed by atoms with Crippen LogP contribution in [0.5, 0.6) is 0 Å². The molecule has 1 aliphatic rings. The summed E-state index contributed by atoms with van der Waals surface area (Å²) in [5.74, 6) is 0. The van der Waals surface area contributed by atoms with Crippen LogP contribution < -0.4 is 16.0 Å². The second-order valence-corrected chi connectivity index (χ2v) is 5.17. The van der Waals surface area contributed by atoms with Gasteiger partial charge in [-0.1, -0.05) is 19.1 Å². The molecule has 0 bridgehead atoms. The summed E-state index contributed by atoms with van der Waals surface area (Å²) in [6.07, 6.45) is 1.51. The Labute approximate surface area is 120 Å². The van der Waals surface area contributed by atoms with E-state index in [1.807, 2.05) is 0 Å². The number of carbonyl (C=O) groups is 1. The van der Waals surface area contributed by atoms with Crippen molar-refractivity contribution in [3.8, 4) is 0 Å². The Hall–Kier alpha value is -1.75. The second-order valence-electron chi connectivity index (χ2n) is 5.17. The third kappa shape index (κ3) is 3.42. The highest BCUT2D eigenvalue weighted by Crippen LogP contribution is 2.23. The molecule has 1 aliphatic heterocycles. The molecule has 1 aromatic carbocycles. The van der Waals surface area contributed by atoms with Gasteiger partial charge in [0.1, 0.15) is 0 Å². The van der Waals surface area contributed by atoms with Crippen LogP contribution >= 0.6 is 0 Å². The maximum atomic E-state index is 11.2. The minimum Gasteiger partial charge on any atom is -0.453 e. The van der Waals surface area contributed by atoms with Crippen LogP contribution in [0.4, 0.5) is 10.5 Å². The van der Waals surface area contributed by atoms with Gasteiger partial charge in [-0.25, -0.2) is 4.79 Å². The van der Waals surface area contributed by atoms with Crippen molar-refractivity contribution in [1.29, 1.82) is 0 Å². The monoisotopic (exact) mass is 277 g/mol. The lowest BCUT2D eigenvalue weighted by Crippen LogP contribution is -2.36. The van der Waals surface area contributed by atoms with Gasteiger partial charge in [0.25, 0.3) is 0 Å². The molecule has 0 aromatic heterocycles. The minimum atomic E-state index is -0.360. The molecule has 1 amide bonds. The average molecular weight is 277 g/mol. The molecule has 1 saturated heterocycles. The number of ether oxygens (including phenoxy) is 1. The van der Waals surface area contributed by atoms with E-state index in [0.717, 1.165) is 25.9 Å². The second kappa shape index (κ2) is 6.61. The molecule has 0 saturated carbocycles. The van der Waals surface area contributed by atoms with Gasteiger partial charge in [-0.2, -0.15) is 0 Å². The average Bonchev–Trinajstić information content (AvgIpc) is 2.95. The predicted molar refractivity (Wildman–Crippen MR) is 79.8 cm³/mol. The quantitative estimate of drug-likeness (QED) is 0.883. The van der Waals surface area contributed by atoms with Crippen molar-refractivity contribution < 1.29 is 9.53 Å². The first-order valence-electron chi connectivity index (χ1n) is 7.09. The van der Waals surface area contributed by atoms with Crippen LogP contribution in [0, 0.1) is 0 Å². The molecule has 5 nitrogen and oxygen atoms in total. The molecule has 1 aromatic rings. The maximum Gasteiger partial charge on any atom is 0.407 e. The van der Waals surface area contributed by atoms with E-state index in [-0.39, 0.29) is 18.2 Å². The van der Waals surface area contributed by atoms with E-state index in [1.165, 1.54) is 18.4 Å². The summed E-state index contributed by atoms with van der Waals surface area (Å²) in [6.45, 7) is 3.84. The van der Waals surface area contributed by atoms with Gasteiger partial charge < -0.3 is 20.7 Å². The predicted octanol–water partition coefficient (Wildman–Crippen LogP) is 2.03. The largest absolute Gasteiger partial charge is 0.453 e. The number of hydrogen-bond acceptors (Lipinski definition) is 4. The molecule has 0 spiro atoms. The van der Waals surface area contributed by atoms with E-state index < -0.39 is 0 Å². The molecule has 2 atom stereocenters. The third-order valence-corrected chi connectivity index (χ3v) is 3.82. The molecule has 1 heterocycles. The maximum absolute atomic E-state index is 11.2. The Bertz CT molecular complexity index is 447. The zero-order chi connectivity index (χ0) is 14.5. The van der Waals surface area contributed by atoms with Gasteiger partial charge in [-0.05, 0) is 30.5 Å². The summed E-state index contributed by atoms with van der Waals surface area (Å²) >= 11 is 0. The number of hydrogen-bond donors (Lipinski definition) is 2. The van der Waals surface area contributed by atoms with Crippen molar-refractivity contribution >= 4 is 11.8 Å². The fourth-order valence-corrected chi connectivity index (χ4v) is 2.51. The number of amides is 1. The van der Waals surface area contributed by atoms with Crippen molar-refractivity contribution in [2.45, 2.75) is 31.8 Å². The van der Waals surface area contributed by atoms with Gasteiger partial charge in [0.05, 0.1) is 13.2 Å². The van der Waals surface area contributed by atoms with E-state index in [0.29, 0.717) is 0 Å². The van der Waals surface area contributed by atoms with Crippen LogP contribution in [0.25, 0.3) is 0 Å². The molecule has 2 rings (SSSR count). The number of alkyl carbamates (subject to hydrolysis) is 1. The molecule has 5 heteroatoms. The molecule has 20 heavy (non-hydrogen) atoms. The first-order valence-corrected chi connectivity index (χ1v) is 7.09. The number of nitrogens with zero attached hydrogens (tertiary/aromatic N) is 1. The van der Waals surface area contributed by atoms with Crippen LogP contribution in [-0.4, -0.2) is 32.3 Å². The lowest BCUT2D eigenvalue weighted by molar-refractivity contribution is 0.167. The standard InChI is InChI=1S/C15H23N3O2/c1-3-14(16)11-4-6-13(7-5-11)18-9-8-12(10-18)17-15(19)20-2/h4-7,12,14H,3,8-10,16H2,1-2H3,(H,17,19). The number of nitrogens with one attached hydrogen (secondary N) is 1. The highest BCUT2D eigenvalue weighted by Gasteiger charge is 2.24. The van der Waals surface area contributed by atoms with E-state index >= 15 is 0 Å². The van der Waals surface area contributed by atoms with Crippen molar-refractivity contribution in [3.05, 3.63) is 29.8 Å². The summed E-state index contributed by atoms with van der Waals surface area (Å²) < 4.78 is 4.63. The highest BCUT2D eigenvalue weighted by molar-refractivity contribution is 5.67. The Kier molecular flexibility index (Phi) is 4.84. The zero-order valence-electron chi connectivity index (χ0n) is 12.1. The van der Waals surface area contributed by atoms with Crippen molar-refractivity contribution in [2.75, 3.05) is 25.1 Å². The number of carbonyl (C=O) groups excluding carboxylic acids is 1. The minimum absolute atomic E-state index is 0.108. The molecular formula is C15H23N3O2. The molecular weight excluding hydrogens is 254 g/mol. The van der Waals surface area contributed by atoms with E-state index in [2.05, 4.69) is 46.1 Å². The van der Waals surface area contributed by atoms with Crippen LogP contribution in [0.2, 0.25) is 0 Å². The van der Waals surface area contributed by atoms with Crippen LogP contribution in [-0.2, 0) is 4.74 Å². The van der Waals surface area contributed by atoms with Gasteiger partial charge in [0, 0.05) is 24.8 Å². The molecule has 110 valence electrons. The highest BCUT2D eigenvalue weighted by atomic mass is 16.5. The van der Waals surface area contributed by atoms with E-state index in [1.54, 1.807) is 0 Å². The molecule has 0 radical (unpaired) electrons. The van der Waals surface area contributed by atoms with Crippen LogP contribution in [0.3, 0.4) is 0 Å². The number of nitrogens with two attached hydrogens (primary N) is 1. The van der Waals surface area contributed by atoms with Crippen molar-refractivity contribution in [1.82, 2.24) is 5.32 Å². The van der Waals surface area contributed by atoms with Crippen molar-refractivity contribution in [2.24, 2.45) is 5.73 Å². The Balaban J connectivity index is 1.94. The normalized spacial score (nSPS) is 19.8. The van der Waals surface area contributed by atoms with E-state index in [4.69, 9.17) is 5.73 Å². The lowest BCUT2D eigenvalue weighted by atomic mass is 10.1. The number of benzene rings is 1. The molecule has 3 N–H and O–H groups in total.